The largest absolute Gasteiger partial charge is 0.493 e. The zero-order valence-electron chi connectivity index (χ0n) is 8.53. The summed E-state index contributed by atoms with van der Waals surface area (Å²) in [4.78, 5) is 11.0. The van der Waals surface area contributed by atoms with Crippen LogP contribution in [-0.2, 0) is 9.53 Å². The molecule has 0 amide bonds. The molecule has 0 bridgehead atoms. The maximum absolute atomic E-state index is 11.0. The van der Waals surface area contributed by atoms with Gasteiger partial charge in [-0.1, -0.05) is 12.1 Å². The number of cyclic esters (lactones) is 1. The van der Waals surface area contributed by atoms with Gasteiger partial charge in [-0.15, -0.1) is 0 Å². The Bertz CT molecular complexity index is 407. The number of hydrogen-bond donors (Lipinski definition) is 0. The van der Waals surface area contributed by atoms with Gasteiger partial charge >= 0.3 is 5.97 Å². The molecule has 0 radical (unpaired) electrons. The van der Waals surface area contributed by atoms with Crippen LogP contribution < -0.4 is 4.74 Å². The normalized spacial score (nSPS) is 14.7. The smallest absolute Gasteiger partial charge is 0.315 e. The lowest BCUT2D eigenvalue weighted by Crippen LogP contribution is -1.98. The number of ether oxygens (including phenoxy) is 2. The second-order valence-electron chi connectivity index (χ2n) is 3.18. The number of carbonyl (C=O) groups is 1. The fourth-order valence-electron chi connectivity index (χ4n) is 1.50. The number of para-hydroxylation sites is 1. The molecule has 78 valence electrons. The Hall–Kier alpha value is -1.77. The minimum Gasteiger partial charge on any atom is -0.493 e. The maximum Gasteiger partial charge on any atom is 0.315 e. The van der Waals surface area contributed by atoms with Crippen LogP contribution in [-0.4, -0.2) is 12.6 Å². The molecule has 1 aliphatic rings. The number of rotatable bonds is 3. The highest BCUT2D eigenvalue weighted by Gasteiger charge is 2.18. The topological polar surface area (TPSA) is 35.5 Å². The molecule has 0 spiro atoms. The van der Waals surface area contributed by atoms with Gasteiger partial charge in [0.2, 0.25) is 0 Å². The summed E-state index contributed by atoms with van der Waals surface area (Å²) in [6, 6.07) is 7.54. The van der Waals surface area contributed by atoms with Crippen LogP contribution in [0.1, 0.15) is 18.9 Å². The molecule has 0 atom stereocenters. The summed E-state index contributed by atoms with van der Waals surface area (Å²) in [6.07, 6.45) is 2.12. The van der Waals surface area contributed by atoms with Crippen molar-refractivity contribution < 1.29 is 14.3 Å². The number of benzene rings is 1. The number of carbonyl (C=O) groups excluding carboxylic acids is 1. The van der Waals surface area contributed by atoms with Gasteiger partial charge in [0.05, 0.1) is 18.6 Å². The van der Waals surface area contributed by atoms with Crippen LogP contribution in [0.4, 0.5) is 0 Å². The van der Waals surface area contributed by atoms with Gasteiger partial charge in [0.1, 0.15) is 11.5 Å². The van der Waals surface area contributed by atoms with E-state index in [1.807, 2.05) is 31.2 Å². The van der Waals surface area contributed by atoms with Crippen molar-refractivity contribution in [3.05, 3.63) is 35.9 Å². The summed E-state index contributed by atoms with van der Waals surface area (Å²) >= 11 is 0. The van der Waals surface area contributed by atoms with Crippen LogP contribution in [0.2, 0.25) is 0 Å². The van der Waals surface area contributed by atoms with Crippen LogP contribution in [0, 0.1) is 0 Å². The second-order valence-corrected chi connectivity index (χ2v) is 3.18. The Kier molecular flexibility index (Phi) is 2.72. The fraction of sp³-hybridized carbons (Fsp3) is 0.250. The molecule has 0 saturated carbocycles. The SMILES string of the molecule is CCOc1ccccc1C1=CCC(=O)O1. The van der Waals surface area contributed by atoms with E-state index in [1.54, 1.807) is 6.08 Å². The second kappa shape index (κ2) is 4.17. The molecular weight excluding hydrogens is 192 g/mol. The van der Waals surface area contributed by atoms with E-state index in [0.717, 1.165) is 11.3 Å². The Morgan fingerprint density at radius 1 is 1.40 bits per heavy atom. The van der Waals surface area contributed by atoms with Gasteiger partial charge in [0.15, 0.2) is 0 Å². The van der Waals surface area contributed by atoms with Gasteiger partial charge in [0.25, 0.3) is 0 Å². The molecule has 0 N–H and O–H groups in total. The molecule has 0 aromatic heterocycles. The highest BCUT2D eigenvalue weighted by Crippen LogP contribution is 2.30. The van der Waals surface area contributed by atoms with E-state index in [9.17, 15) is 4.79 Å². The van der Waals surface area contributed by atoms with Crippen molar-refractivity contribution in [1.29, 1.82) is 0 Å². The van der Waals surface area contributed by atoms with Crippen LogP contribution in [0.15, 0.2) is 30.3 Å². The standard InChI is InChI=1S/C12H12O3/c1-2-14-10-6-4-3-5-9(10)11-7-8-12(13)15-11/h3-7H,2,8H2,1H3. The molecule has 1 aliphatic heterocycles. The highest BCUT2D eigenvalue weighted by molar-refractivity contribution is 5.86. The molecular formula is C12H12O3. The average Bonchev–Trinajstić information content (AvgIpc) is 2.66. The molecule has 0 saturated heterocycles. The van der Waals surface area contributed by atoms with E-state index < -0.39 is 0 Å². The minimum absolute atomic E-state index is 0.212. The quantitative estimate of drug-likeness (QED) is 0.709. The summed E-state index contributed by atoms with van der Waals surface area (Å²) in [6.45, 7) is 2.52. The molecule has 15 heavy (non-hydrogen) atoms. The molecule has 1 aromatic carbocycles. The van der Waals surface area contributed by atoms with Gasteiger partial charge < -0.3 is 9.47 Å². The Labute approximate surface area is 88.3 Å². The molecule has 3 nitrogen and oxygen atoms in total. The zero-order chi connectivity index (χ0) is 10.7. The molecule has 1 aromatic rings. The van der Waals surface area contributed by atoms with Crippen molar-refractivity contribution in [2.75, 3.05) is 6.61 Å². The predicted octanol–water partition coefficient (Wildman–Crippen LogP) is 2.37. The Morgan fingerprint density at radius 3 is 2.87 bits per heavy atom. The highest BCUT2D eigenvalue weighted by atomic mass is 16.5. The van der Waals surface area contributed by atoms with E-state index in [4.69, 9.17) is 9.47 Å². The van der Waals surface area contributed by atoms with Gasteiger partial charge in [0, 0.05) is 0 Å². The van der Waals surface area contributed by atoms with E-state index in [0.29, 0.717) is 18.8 Å². The zero-order valence-corrected chi connectivity index (χ0v) is 8.53. The molecule has 0 aliphatic carbocycles. The minimum atomic E-state index is -0.212. The fourth-order valence-corrected chi connectivity index (χ4v) is 1.50. The van der Waals surface area contributed by atoms with Crippen molar-refractivity contribution in [3.8, 4) is 5.75 Å². The van der Waals surface area contributed by atoms with E-state index >= 15 is 0 Å². The van der Waals surface area contributed by atoms with Crippen molar-refractivity contribution in [3.63, 3.8) is 0 Å². The third kappa shape index (κ3) is 2.01. The van der Waals surface area contributed by atoms with E-state index in [2.05, 4.69) is 0 Å². The van der Waals surface area contributed by atoms with Crippen molar-refractivity contribution in [2.45, 2.75) is 13.3 Å². The summed E-state index contributed by atoms with van der Waals surface area (Å²) in [5, 5.41) is 0. The molecule has 3 heteroatoms. The predicted molar refractivity (Wildman–Crippen MR) is 56.3 cm³/mol. The monoisotopic (exact) mass is 204 g/mol. The van der Waals surface area contributed by atoms with Crippen LogP contribution in [0.3, 0.4) is 0 Å². The van der Waals surface area contributed by atoms with Gasteiger partial charge in [-0.25, -0.2) is 0 Å². The first kappa shape index (κ1) is 9.77. The van der Waals surface area contributed by atoms with Crippen LogP contribution in [0.25, 0.3) is 5.76 Å². The third-order valence-electron chi connectivity index (χ3n) is 2.13. The lowest BCUT2D eigenvalue weighted by atomic mass is 10.1. The van der Waals surface area contributed by atoms with E-state index in [-0.39, 0.29) is 5.97 Å². The average molecular weight is 204 g/mol. The van der Waals surface area contributed by atoms with Gasteiger partial charge in [-0.2, -0.15) is 0 Å². The number of hydrogen-bond acceptors (Lipinski definition) is 3. The Balaban J connectivity index is 2.31. The Morgan fingerprint density at radius 2 is 2.20 bits per heavy atom. The number of esters is 1. The van der Waals surface area contributed by atoms with Gasteiger partial charge in [-0.05, 0) is 25.1 Å². The van der Waals surface area contributed by atoms with Gasteiger partial charge in [-0.3, -0.25) is 4.79 Å². The molecule has 0 unspecified atom stereocenters. The molecule has 0 fully saturated rings. The lowest BCUT2D eigenvalue weighted by molar-refractivity contribution is -0.134. The summed E-state index contributed by atoms with van der Waals surface area (Å²) < 4.78 is 10.5. The van der Waals surface area contributed by atoms with E-state index in [1.165, 1.54) is 0 Å². The summed E-state index contributed by atoms with van der Waals surface area (Å²) in [7, 11) is 0. The maximum atomic E-state index is 11.0. The molecule has 2 rings (SSSR count). The first-order valence-corrected chi connectivity index (χ1v) is 4.94. The van der Waals surface area contributed by atoms with Crippen molar-refractivity contribution >= 4 is 11.7 Å². The summed E-state index contributed by atoms with van der Waals surface area (Å²) in [5.41, 5.74) is 0.838. The van der Waals surface area contributed by atoms with Crippen LogP contribution >= 0.6 is 0 Å². The third-order valence-corrected chi connectivity index (χ3v) is 2.13. The first-order valence-electron chi connectivity index (χ1n) is 4.94. The lowest BCUT2D eigenvalue weighted by Gasteiger charge is -2.09. The first-order chi connectivity index (χ1) is 7.31. The summed E-state index contributed by atoms with van der Waals surface area (Å²) in [5.74, 6) is 1.14. The molecule has 1 heterocycles. The van der Waals surface area contributed by atoms with Crippen molar-refractivity contribution in [2.24, 2.45) is 0 Å². The van der Waals surface area contributed by atoms with Crippen molar-refractivity contribution in [1.82, 2.24) is 0 Å². The van der Waals surface area contributed by atoms with Crippen LogP contribution in [0.5, 0.6) is 5.75 Å².